The molecular weight excluding hydrogens is 229 g/mol. The molecule has 1 fully saturated rings. The summed E-state index contributed by atoms with van der Waals surface area (Å²) >= 11 is 0. The molecule has 3 rings (SSSR count). The maximum Gasteiger partial charge on any atom is 0.130 e. The number of anilines is 2. The average Bonchev–Trinajstić information content (AvgIpc) is 2.39. The fourth-order valence-electron chi connectivity index (χ4n) is 2.77. The number of nitrogens with one attached hydrogen (secondary N) is 1. The second-order valence-corrected chi connectivity index (χ2v) is 5.27. The topological polar surface area (TPSA) is 18.5 Å². The number of likely N-dealkylation sites (N-methyl/N-ethyl adjacent to an activating group) is 1. The molecule has 0 aromatic heterocycles. The van der Waals surface area contributed by atoms with E-state index in [1.54, 1.807) is 6.07 Å². The van der Waals surface area contributed by atoms with Crippen LogP contribution in [0.15, 0.2) is 12.1 Å². The fraction of sp³-hybridized carbons (Fsp3) is 0.571. The molecule has 18 heavy (non-hydrogen) atoms. The zero-order valence-corrected chi connectivity index (χ0v) is 10.9. The second-order valence-electron chi connectivity index (χ2n) is 5.27. The average molecular weight is 249 g/mol. The molecule has 1 N–H and O–H groups in total. The summed E-state index contributed by atoms with van der Waals surface area (Å²) in [5.41, 5.74) is 2.88. The van der Waals surface area contributed by atoms with E-state index in [9.17, 15) is 4.39 Å². The Morgan fingerprint density at radius 2 is 1.94 bits per heavy atom. The molecular formula is C14H20FN3. The molecule has 0 aliphatic carbocycles. The molecule has 0 saturated carbocycles. The highest BCUT2D eigenvalue weighted by Gasteiger charge is 2.19. The van der Waals surface area contributed by atoms with Crippen LogP contribution in [0.2, 0.25) is 0 Å². The Labute approximate surface area is 108 Å². The molecule has 2 aliphatic heterocycles. The van der Waals surface area contributed by atoms with Crippen molar-refractivity contribution in [3.05, 3.63) is 23.5 Å². The van der Waals surface area contributed by atoms with Gasteiger partial charge in [-0.3, -0.25) is 0 Å². The number of nitrogens with zero attached hydrogens (tertiary/aromatic N) is 2. The molecule has 1 saturated heterocycles. The highest BCUT2D eigenvalue weighted by atomic mass is 19.1. The summed E-state index contributed by atoms with van der Waals surface area (Å²) in [6.45, 7) is 5.01. The van der Waals surface area contributed by atoms with E-state index < -0.39 is 0 Å². The number of benzene rings is 1. The van der Waals surface area contributed by atoms with Crippen LogP contribution in [0.1, 0.15) is 12.0 Å². The molecule has 4 heteroatoms. The van der Waals surface area contributed by atoms with Crippen LogP contribution in [-0.2, 0) is 6.42 Å². The van der Waals surface area contributed by atoms with Crippen molar-refractivity contribution in [2.75, 3.05) is 50.0 Å². The first-order valence-corrected chi connectivity index (χ1v) is 6.74. The summed E-state index contributed by atoms with van der Waals surface area (Å²) < 4.78 is 14.1. The van der Waals surface area contributed by atoms with E-state index in [1.165, 1.54) is 0 Å². The zero-order valence-electron chi connectivity index (χ0n) is 10.9. The molecule has 1 aromatic rings. The predicted octanol–water partition coefficient (Wildman–Crippen LogP) is 1.94. The second kappa shape index (κ2) is 4.76. The smallest absolute Gasteiger partial charge is 0.130 e. The van der Waals surface area contributed by atoms with Crippen molar-refractivity contribution in [2.24, 2.45) is 0 Å². The van der Waals surface area contributed by atoms with Gasteiger partial charge in [-0.15, -0.1) is 0 Å². The minimum atomic E-state index is -0.0476. The minimum absolute atomic E-state index is 0.0476. The number of fused-ring (bicyclic) bond motifs is 1. The number of hydrogen-bond acceptors (Lipinski definition) is 3. The van der Waals surface area contributed by atoms with E-state index in [-0.39, 0.29) is 5.82 Å². The zero-order chi connectivity index (χ0) is 12.5. The van der Waals surface area contributed by atoms with Gasteiger partial charge in [0, 0.05) is 49.7 Å². The van der Waals surface area contributed by atoms with Gasteiger partial charge in [0.05, 0.1) is 0 Å². The van der Waals surface area contributed by atoms with Gasteiger partial charge < -0.3 is 15.1 Å². The van der Waals surface area contributed by atoms with E-state index in [0.717, 1.165) is 62.5 Å². The van der Waals surface area contributed by atoms with E-state index in [2.05, 4.69) is 28.2 Å². The third-order valence-electron chi connectivity index (χ3n) is 3.97. The number of piperazine rings is 1. The summed E-state index contributed by atoms with van der Waals surface area (Å²) in [4.78, 5) is 4.59. The molecule has 0 amide bonds. The Morgan fingerprint density at radius 3 is 2.72 bits per heavy atom. The Kier molecular flexibility index (Phi) is 3.12. The van der Waals surface area contributed by atoms with Crippen LogP contribution in [0.25, 0.3) is 0 Å². The summed E-state index contributed by atoms with van der Waals surface area (Å²) in [5, 5.41) is 3.31. The van der Waals surface area contributed by atoms with Crippen LogP contribution in [0.5, 0.6) is 0 Å². The summed E-state index contributed by atoms with van der Waals surface area (Å²) in [6.07, 6.45) is 1.88. The van der Waals surface area contributed by atoms with Crippen molar-refractivity contribution in [1.29, 1.82) is 0 Å². The number of halogens is 1. The predicted molar refractivity (Wildman–Crippen MR) is 72.9 cm³/mol. The van der Waals surface area contributed by atoms with Crippen LogP contribution in [-0.4, -0.2) is 44.7 Å². The molecule has 98 valence electrons. The van der Waals surface area contributed by atoms with Gasteiger partial charge in [0.25, 0.3) is 0 Å². The normalized spacial score (nSPS) is 20.4. The lowest BCUT2D eigenvalue weighted by molar-refractivity contribution is 0.312. The SMILES string of the molecule is CN1CCN(c2cc(F)c3c(c2)NCCC3)CC1. The minimum Gasteiger partial charge on any atom is -0.385 e. The maximum atomic E-state index is 14.1. The largest absolute Gasteiger partial charge is 0.385 e. The van der Waals surface area contributed by atoms with E-state index in [4.69, 9.17) is 0 Å². The monoisotopic (exact) mass is 249 g/mol. The molecule has 2 heterocycles. The van der Waals surface area contributed by atoms with Crippen LogP contribution in [0.4, 0.5) is 15.8 Å². The highest BCUT2D eigenvalue weighted by molar-refractivity contribution is 5.64. The van der Waals surface area contributed by atoms with Crippen molar-refractivity contribution in [2.45, 2.75) is 12.8 Å². The van der Waals surface area contributed by atoms with E-state index in [0.29, 0.717) is 0 Å². The van der Waals surface area contributed by atoms with Crippen LogP contribution in [0.3, 0.4) is 0 Å². The van der Waals surface area contributed by atoms with E-state index in [1.807, 2.05) is 0 Å². The van der Waals surface area contributed by atoms with Crippen molar-refractivity contribution < 1.29 is 4.39 Å². The summed E-state index contributed by atoms with van der Waals surface area (Å²) in [6, 6.07) is 3.82. The van der Waals surface area contributed by atoms with Gasteiger partial charge in [-0.2, -0.15) is 0 Å². The molecule has 0 radical (unpaired) electrons. The molecule has 0 atom stereocenters. The molecule has 0 bridgehead atoms. The molecule has 0 spiro atoms. The molecule has 1 aromatic carbocycles. The van der Waals surface area contributed by atoms with Crippen molar-refractivity contribution in [3.63, 3.8) is 0 Å². The highest BCUT2D eigenvalue weighted by Crippen LogP contribution is 2.30. The fourth-order valence-corrected chi connectivity index (χ4v) is 2.77. The first kappa shape index (κ1) is 11.8. The van der Waals surface area contributed by atoms with Gasteiger partial charge in [-0.05, 0) is 32.0 Å². The first-order valence-electron chi connectivity index (χ1n) is 6.74. The first-order chi connectivity index (χ1) is 8.74. The molecule has 0 unspecified atom stereocenters. The van der Waals surface area contributed by atoms with Crippen LogP contribution >= 0.6 is 0 Å². The Bertz CT molecular complexity index is 439. The Hall–Kier alpha value is -1.29. The third-order valence-corrected chi connectivity index (χ3v) is 3.97. The van der Waals surface area contributed by atoms with Gasteiger partial charge in [0.1, 0.15) is 5.82 Å². The van der Waals surface area contributed by atoms with Crippen molar-refractivity contribution >= 4 is 11.4 Å². The van der Waals surface area contributed by atoms with Crippen LogP contribution in [0, 0.1) is 5.82 Å². The lowest BCUT2D eigenvalue weighted by Crippen LogP contribution is -2.44. The van der Waals surface area contributed by atoms with Crippen molar-refractivity contribution in [3.8, 4) is 0 Å². The lowest BCUT2D eigenvalue weighted by atomic mass is 10.0. The summed E-state index contributed by atoms with van der Waals surface area (Å²) in [5.74, 6) is -0.0476. The summed E-state index contributed by atoms with van der Waals surface area (Å²) in [7, 11) is 2.13. The van der Waals surface area contributed by atoms with Crippen LogP contribution < -0.4 is 10.2 Å². The molecule has 2 aliphatic rings. The maximum absolute atomic E-state index is 14.1. The standard InChI is InChI=1S/C14H20FN3/c1-17-5-7-18(8-6-17)11-9-13(15)12-3-2-4-16-14(12)10-11/h9-10,16H,2-8H2,1H3. The van der Waals surface area contributed by atoms with Gasteiger partial charge in [-0.25, -0.2) is 4.39 Å². The lowest BCUT2D eigenvalue weighted by Gasteiger charge is -2.34. The molecule has 3 nitrogen and oxygen atoms in total. The van der Waals surface area contributed by atoms with Gasteiger partial charge in [-0.1, -0.05) is 0 Å². The van der Waals surface area contributed by atoms with Gasteiger partial charge >= 0.3 is 0 Å². The van der Waals surface area contributed by atoms with E-state index >= 15 is 0 Å². The number of hydrogen-bond donors (Lipinski definition) is 1. The Balaban J connectivity index is 1.86. The van der Waals surface area contributed by atoms with Gasteiger partial charge in [0.2, 0.25) is 0 Å². The third kappa shape index (κ3) is 2.17. The number of rotatable bonds is 1. The Morgan fingerprint density at radius 1 is 1.17 bits per heavy atom. The van der Waals surface area contributed by atoms with Gasteiger partial charge in [0.15, 0.2) is 0 Å². The van der Waals surface area contributed by atoms with Crippen molar-refractivity contribution in [1.82, 2.24) is 4.90 Å². The quantitative estimate of drug-likeness (QED) is 0.820.